The number of carboxylic acid groups (broad SMARTS) is 1. The lowest BCUT2D eigenvalue weighted by atomic mass is 10.1. The van der Waals surface area contributed by atoms with Crippen LogP contribution in [0.25, 0.3) is 16.6 Å². The highest BCUT2D eigenvalue weighted by molar-refractivity contribution is 8.06. The van der Waals surface area contributed by atoms with Crippen molar-refractivity contribution in [2.45, 2.75) is 24.3 Å². The lowest BCUT2D eigenvalue weighted by Gasteiger charge is -2.37. The van der Waals surface area contributed by atoms with Gasteiger partial charge >= 0.3 is 11.7 Å². The summed E-state index contributed by atoms with van der Waals surface area (Å²) >= 11 is 7.18. The van der Waals surface area contributed by atoms with Crippen molar-refractivity contribution in [2.75, 3.05) is 12.4 Å². The third-order valence-electron chi connectivity index (χ3n) is 5.75. The van der Waals surface area contributed by atoms with Crippen LogP contribution in [0.3, 0.4) is 0 Å². The second-order valence-corrected chi connectivity index (χ2v) is 9.96. The Hall–Kier alpha value is -3.57. The molecule has 182 valence electrons. The number of fused-ring (bicyclic) bond motifs is 1. The fourth-order valence-electron chi connectivity index (χ4n) is 4.01. The van der Waals surface area contributed by atoms with Crippen LogP contribution in [-0.2, 0) is 16.1 Å². The number of carbonyl (C=O) groups is 2. The van der Waals surface area contributed by atoms with Gasteiger partial charge < -0.3 is 20.3 Å². The van der Waals surface area contributed by atoms with Crippen molar-refractivity contribution in [1.82, 2.24) is 14.5 Å². The summed E-state index contributed by atoms with van der Waals surface area (Å²) in [5.41, 5.74) is -0.141. The number of amides is 1. The summed E-state index contributed by atoms with van der Waals surface area (Å²) < 4.78 is 15.5. The number of aliphatic carboxylic acids is 1. The van der Waals surface area contributed by atoms with Crippen LogP contribution in [0.2, 0.25) is 0 Å². The molecule has 0 saturated carbocycles. The molecule has 3 N–H and O–H groups in total. The molecule has 0 radical (unpaired) electrons. The molecule has 0 spiro atoms. The van der Waals surface area contributed by atoms with Crippen molar-refractivity contribution >= 4 is 52.3 Å². The van der Waals surface area contributed by atoms with Crippen LogP contribution in [0.15, 0.2) is 56.4 Å². The van der Waals surface area contributed by atoms with Crippen LogP contribution in [0.5, 0.6) is 0 Å². The number of carbonyl (C=O) groups excluding carboxylic acids is 1. The van der Waals surface area contributed by atoms with Gasteiger partial charge in [-0.15, -0.1) is 0 Å². The third kappa shape index (κ3) is 4.69. The van der Waals surface area contributed by atoms with Gasteiger partial charge in [0.15, 0.2) is 0 Å². The fourth-order valence-corrected chi connectivity index (χ4v) is 5.64. The smallest absolute Gasteiger partial charge is 0.333 e. The predicted molar refractivity (Wildman–Crippen MR) is 132 cm³/mol. The first-order valence-corrected chi connectivity index (χ1v) is 11.6. The maximum absolute atomic E-state index is 14.2. The van der Waals surface area contributed by atoms with Crippen molar-refractivity contribution in [3.05, 3.63) is 79.1 Å². The summed E-state index contributed by atoms with van der Waals surface area (Å²) in [6.07, 6.45) is 2.25. The van der Waals surface area contributed by atoms with Crippen molar-refractivity contribution < 1.29 is 19.1 Å². The zero-order chi connectivity index (χ0) is 25.3. The normalized spacial score (nSPS) is 17.3. The molecule has 35 heavy (non-hydrogen) atoms. The molecule has 2 heterocycles. The molecular formula is C23H20ClFN4O5S. The van der Waals surface area contributed by atoms with Gasteiger partial charge in [-0.05, 0) is 29.8 Å². The Balaban J connectivity index is 1.66. The van der Waals surface area contributed by atoms with Gasteiger partial charge in [0, 0.05) is 20.0 Å². The highest BCUT2D eigenvalue weighted by Crippen LogP contribution is 2.48. The minimum absolute atomic E-state index is 0.00977. The number of halogens is 2. The summed E-state index contributed by atoms with van der Waals surface area (Å²) in [6, 6.07) is 8.70. The topological polar surface area (TPSA) is 124 Å². The van der Waals surface area contributed by atoms with E-state index in [-0.39, 0.29) is 41.7 Å². The molecule has 9 nitrogen and oxygen atoms in total. The minimum atomic E-state index is -1.06. The number of benzene rings is 2. The second-order valence-electron chi connectivity index (χ2n) is 7.93. The highest BCUT2D eigenvalue weighted by atomic mass is 35.5. The summed E-state index contributed by atoms with van der Waals surface area (Å²) in [4.78, 5) is 51.9. The molecule has 0 saturated heterocycles. The van der Waals surface area contributed by atoms with Crippen LogP contribution < -0.4 is 16.6 Å². The van der Waals surface area contributed by atoms with Crippen molar-refractivity contribution in [1.29, 1.82) is 0 Å². The molecule has 1 aliphatic heterocycles. The number of thioether (sulfide) groups is 1. The van der Waals surface area contributed by atoms with Crippen LogP contribution in [0.4, 0.5) is 10.1 Å². The molecule has 1 atom stereocenters. The molecule has 3 aromatic rings. The van der Waals surface area contributed by atoms with Crippen molar-refractivity contribution in [2.24, 2.45) is 0 Å². The Morgan fingerprint density at radius 2 is 2.06 bits per heavy atom. The third-order valence-corrected chi connectivity index (χ3v) is 7.42. The van der Waals surface area contributed by atoms with E-state index in [1.807, 2.05) is 0 Å². The number of H-pyrrole nitrogens is 1. The number of aromatic amines is 1. The van der Waals surface area contributed by atoms with Gasteiger partial charge in [-0.2, -0.15) is 0 Å². The average Bonchev–Trinajstić information content (AvgIpc) is 3.19. The predicted octanol–water partition coefficient (Wildman–Crippen LogP) is 3.21. The molecule has 1 aliphatic rings. The lowest BCUT2D eigenvalue weighted by Crippen LogP contribution is -2.45. The minimum Gasteiger partial charge on any atom is -0.481 e. The van der Waals surface area contributed by atoms with E-state index in [0.717, 1.165) is 22.4 Å². The monoisotopic (exact) mass is 518 g/mol. The number of nitrogens with one attached hydrogen (secondary N) is 2. The summed E-state index contributed by atoms with van der Waals surface area (Å²) in [5.74, 6) is -1.69. The van der Waals surface area contributed by atoms with Crippen LogP contribution in [0, 0.1) is 5.82 Å². The van der Waals surface area contributed by atoms with E-state index in [2.05, 4.69) is 10.3 Å². The number of carboxylic acids is 1. The molecule has 1 amide bonds. The highest BCUT2D eigenvalue weighted by Gasteiger charge is 2.42. The van der Waals surface area contributed by atoms with E-state index < -0.39 is 27.9 Å². The Labute approximate surface area is 207 Å². The number of anilines is 1. The van der Waals surface area contributed by atoms with Gasteiger partial charge in [0.2, 0.25) is 6.41 Å². The van der Waals surface area contributed by atoms with Gasteiger partial charge in [-0.1, -0.05) is 41.6 Å². The first-order chi connectivity index (χ1) is 16.7. The molecular weight excluding hydrogens is 499 g/mol. The SMILES string of the molecule is CNc1cc2[nH]c(=O)n(-c3ccc(CN(C=O)C4(CC(=O)O)CC=C(Cl)S4)cc3)c(=O)c2cc1F. The van der Waals surface area contributed by atoms with Crippen molar-refractivity contribution in [3.8, 4) is 5.69 Å². The lowest BCUT2D eigenvalue weighted by molar-refractivity contribution is -0.139. The van der Waals surface area contributed by atoms with E-state index in [1.165, 1.54) is 30.1 Å². The quantitative estimate of drug-likeness (QED) is 0.391. The molecule has 0 aliphatic carbocycles. The zero-order valence-corrected chi connectivity index (χ0v) is 20.0. The Morgan fingerprint density at radius 1 is 1.34 bits per heavy atom. The molecule has 0 bridgehead atoms. The average molecular weight is 519 g/mol. The molecule has 2 aromatic carbocycles. The molecule has 4 rings (SSSR count). The van der Waals surface area contributed by atoms with E-state index in [4.69, 9.17) is 11.6 Å². The Morgan fingerprint density at radius 3 is 2.63 bits per heavy atom. The van der Waals surface area contributed by atoms with E-state index in [9.17, 15) is 28.7 Å². The molecule has 1 aromatic heterocycles. The van der Waals surface area contributed by atoms with E-state index in [0.29, 0.717) is 16.3 Å². The second kappa shape index (κ2) is 9.59. The largest absolute Gasteiger partial charge is 0.481 e. The van der Waals surface area contributed by atoms with Crippen LogP contribution in [-0.4, -0.2) is 43.9 Å². The summed E-state index contributed by atoms with van der Waals surface area (Å²) in [6.45, 7) is 0.0864. The van der Waals surface area contributed by atoms with Gasteiger partial charge in [0.05, 0.1) is 33.1 Å². The molecule has 0 fully saturated rings. The Bertz CT molecular complexity index is 1470. The number of hydrogen-bond donors (Lipinski definition) is 3. The molecule has 1 unspecified atom stereocenters. The van der Waals surface area contributed by atoms with Gasteiger partial charge in [-0.25, -0.2) is 13.8 Å². The number of nitrogens with zero attached hydrogens (tertiary/aromatic N) is 2. The van der Waals surface area contributed by atoms with Crippen molar-refractivity contribution in [3.63, 3.8) is 0 Å². The maximum atomic E-state index is 14.2. The summed E-state index contributed by atoms with van der Waals surface area (Å²) in [7, 11) is 1.52. The maximum Gasteiger partial charge on any atom is 0.333 e. The van der Waals surface area contributed by atoms with Crippen LogP contribution >= 0.6 is 23.4 Å². The Kier molecular flexibility index (Phi) is 6.73. The fraction of sp³-hybridized carbons (Fsp3) is 0.217. The van der Waals surface area contributed by atoms with Gasteiger partial charge in [0.25, 0.3) is 5.56 Å². The van der Waals surface area contributed by atoms with Crippen LogP contribution in [0.1, 0.15) is 18.4 Å². The number of hydrogen-bond acceptors (Lipinski definition) is 6. The standard InChI is InChI=1S/C23H20ClFN4O5S/c1-26-18-9-17-15(8-16(18)25)21(33)29(22(34)27-17)14-4-2-13(3-5-14)11-28(12-30)23(10-20(31)32)7-6-19(24)35-23/h2-6,8-9,12,26H,7,10-11H2,1H3,(H,27,34)(H,31,32). The van der Waals surface area contributed by atoms with E-state index in [1.54, 1.807) is 18.2 Å². The van der Waals surface area contributed by atoms with Gasteiger partial charge in [-0.3, -0.25) is 14.4 Å². The summed E-state index contributed by atoms with van der Waals surface area (Å²) in [5, 5.41) is 12.0. The first-order valence-electron chi connectivity index (χ1n) is 10.4. The first kappa shape index (κ1) is 24.6. The van der Waals surface area contributed by atoms with E-state index >= 15 is 0 Å². The van der Waals surface area contributed by atoms with Gasteiger partial charge in [0.1, 0.15) is 10.7 Å². The number of aromatic nitrogens is 2. The molecule has 12 heteroatoms. The zero-order valence-electron chi connectivity index (χ0n) is 18.4. The number of rotatable bonds is 8.